The lowest BCUT2D eigenvalue weighted by Gasteiger charge is -2.16. The SMILES string of the molecule is CC(=O)Nc1ccc(C(=O)COC(=O)[C@H]2CC(=O)N(c3ccc(C)cc3)C2)cc1. The molecule has 1 fully saturated rings. The standard InChI is InChI=1S/C22H22N2O5/c1-14-3-9-19(10-4-14)24-12-17(11-21(24)27)22(28)29-13-20(26)16-5-7-18(8-6-16)23-15(2)25/h3-10,17H,11-13H2,1-2H3,(H,23,25)/t17-/m0/s1. The van der Waals surface area contributed by atoms with Crippen LogP contribution in [0.25, 0.3) is 0 Å². The number of ether oxygens (including phenoxy) is 1. The van der Waals surface area contributed by atoms with Crippen molar-refractivity contribution < 1.29 is 23.9 Å². The molecule has 7 nitrogen and oxygen atoms in total. The van der Waals surface area contributed by atoms with Gasteiger partial charge in [0.2, 0.25) is 11.8 Å². The molecule has 0 unspecified atom stereocenters. The summed E-state index contributed by atoms with van der Waals surface area (Å²) in [7, 11) is 0. The Labute approximate surface area is 168 Å². The van der Waals surface area contributed by atoms with Gasteiger partial charge in [-0.1, -0.05) is 17.7 Å². The van der Waals surface area contributed by atoms with Crippen LogP contribution in [0.2, 0.25) is 0 Å². The van der Waals surface area contributed by atoms with Gasteiger partial charge in [0, 0.05) is 36.8 Å². The van der Waals surface area contributed by atoms with E-state index in [0.717, 1.165) is 11.3 Å². The van der Waals surface area contributed by atoms with Crippen molar-refractivity contribution in [1.82, 2.24) is 0 Å². The molecular weight excluding hydrogens is 372 g/mol. The molecule has 2 aromatic rings. The highest BCUT2D eigenvalue weighted by atomic mass is 16.5. The maximum atomic E-state index is 12.3. The lowest BCUT2D eigenvalue weighted by atomic mass is 10.1. The van der Waals surface area contributed by atoms with Crippen molar-refractivity contribution in [2.75, 3.05) is 23.4 Å². The highest BCUT2D eigenvalue weighted by Crippen LogP contribution is 2.26. The molecule has 150 valence electrons. The fourth-order valence-electron chi connectivity index (χ4n) is 3.12. The number of anilines is 2. The van der Waals surface area contributed by atoms with E-state index in [1.54, 1.807) is 29.2 Å². The molecular formula is C22H22N2O5. The molecule has 0 bridgehead atoms. The zero-order chi connectivity index (χ0) is 21.0. The van der Waals surface area contributed by atoms with E-state index in [0.29, 0.717) is 11.3 Å². The number of esters is 1. The molecule has 2 aromatic carbocycles. The number of aryl methyl sites for hydroxylation is 1. The van der Waals surface area contributed by atoms with Gasteiger partial charge in [0.05, 0.1) is 5.92 Å². The smallest absolute Gasteiger partial charge is 0.311 e. The van der Waals surface area contributed by atoms with Crippen LogP contribution in [0.15, 0.2) is 48.5 Å². The molecule has 29 heavy (non-hydrogen) atoms. The van der Waals surface area contributed by atoms with Crippen LogP contribution < -0.4 is 10.2 Å². The van der Waals surface area contributed by atoms with Gasteiger partial charge < -0.3 is 15.0 Å². The first kappa shape index (κ1) is 20.3. The summed E-state index contributed by atoms with van der Waals surface area (Å²) >= 11 is 0. The summed E-state index contributed by atoms with van der Waals surface area (Å²) in [6, 6.07) is 13.8. The van der Waals surface area contributed by atoms with E-state index in [1.165, 1.54) is 6.92 Å². The van der Waals surface area contributed by atoms with Gasteiger partial charge in [-0.05, 0) is 43.3 Å². The van der Waals surface area contributed by atoms with Crippen LogP contribution in [-0.4, -0.2) is 36.7 Å². The molecule has 1 aliphatic rings. The normalized spacial score (nSPS) is 15.9. The van der Waals surface area contributed by atoms with Gasteiger partial charge in [-0.3, -0.25) is 19.2 Å². The van der Waals surface area contributed by atoms with Crippen molar-refractivity contribution in [3.05, 3.63) is 59.7 Å². The monoisotopic (exact) mass is 394 g/mol. The number of hydrogen-bond acceptors (Lipinski definition) is 5. The van der Waals surface area contributed by atoms with Gasteiger partial charge >= 0.3 is 5.97 Å². The largest absolute Gasteiger partial charge is 0.457 e. The fraction of sp³-hybridized carbons (Fsp3) is 0.273. The van der Waals surface area contributed by atoms with Crippen LogP contribution in [0.4, 0.5) is 11.4 Å². The molecule has 1 aliphatic heterocycles. The molecule has 7 heteroatoms. The minimum absolute atomic E-state index is 0.0618. The van der Waals surface area contributed by atoms with Crippen LogP contribution in [-0.2, 0) is 19.1 Å². The molecule has 0 radical (unpaired) electrons. The van der Waals surface area contributed by atoms with Crippen LogP contribution in [0.3, 0.4) is 0 Å². The van der Waals surface area contributed by atoms with Crippen LogP contribution in [0, 0.1) is 12.8 Å². The Morgan fingerprint density at radius 3 is 2.34 bits per heavy atom. The maximum Gasteiger partial charge on any atom is 0.311 e. The number of nitrogens with zero attached hydrogens (tertiary/aromatic N) is 1. The van der Waals surface area contributed by atoms with Crippen LogP contribution >= 0.6 is 0 Å². The van der Waals surface area contributed by atoms with Crippen molar-refractivity contribution in [3.63, 3.8) is 0 Å². The minimum Gasteiger partial charge on any atom is -0.457 e. The van der Waals surface area contributed by atoms with Crippen molar-refractivity contribution in [1.29, 1.82) is 0 Å². The fourth-order valence-corrected chi connectivity index (χ4v) is 3.12. The van der Waals surface area contributed by atoms with Gasteiger partial charge in [-0.15, -0.1) is 0 Å². The van der Waals surface area contributed by atoms with E-state index in [2.05, 4.69) is 5.32 Å². The number of benzene rings is 2. The molecule has 1 N–H and O–H groups in total. The van der Waals surface area contributed by atoms with Crippen LogP contribution in [0.5, 0.6) is 0 Å². The molecule has 1 heterocycles. The molecule has 0 saturated carbocycles. The summed E-state index contributed by atoms with van der Waals surface area (Å²) in [6.45, 7) is 3.19. The van der Waals surface area contributed by atoms with Crippen molar-refractivity contribution in [3.8, 4) is 0 Å². The van der Waals surface area contributed by atoms with E-state index in [9.17, 15) is 19.2 Å². The van der Waals surface area contributed by atoms with Gasteiger partial charge in [0.15, 0.2) is 12.4 Å². The van der Waals surface area contributed by atoms with Gasteiger partial charge in [0.25, 0.3) is 0 Å². The molecule has 0 aromatic heterocycles. The van der Waals surface area contributed by atoms with Gasteiger partial charge in [-0.25, -0.2) is 0 Å². The zero-order valence-corrected chi connectivity index (χ0v) is 16.3. The third kappa shape index (κ3) is 5.07. The lowest BCUT2D eigenvalue weighted by Crippen LogP contribution is -2.27. The molecule has 0 aliphatic carbocycles. The first-order valence-corrected chi connectivity index (χ1v) is 9.28. The topological polar surface area (TPSA) is 92.8 Å². The Bertz CT molecular complexity index is 935. The van der Waals surface area contributed by atoms with Crippen molar-refractivity contribution in [2.24, 2.45) is 5.92 Å². The average Bonchev–Trinajstić information content (AvgIpc) is 3.08. The van der Waals surface area contributed by atoms with Crippen LogP contribution in [0.1, 0.15) is 29.3 Å². The third-order valence-corrected chi connectivity index (χ3v) is 4.68. The number of Topliss-reactive ketones (excluding diaryl/α,β-unsaturated/α-hetero) is 1. The Morgan fingerprint density at radius 1 is 1.07 bits per heavy atom. The summed E-state index contributed by atoms with van der Waals surface area (Å²) in [5.74, 6) is -1.86. The zero-order valence-electron chi connectivity index (χ0n) is 16.3. The summed E-state index contributed by atoms with van der Waals surface area (Å²) in [5.41, 5.74) is 2.77. The number of ketones is 1. The van der Waals surface area contributed by atoms with Gasteiger partial charge in [0.1, 0.15) is 0 Å². The average molecular weight is 394 g/mol. The van der Waals surface area contributed by atoms with E-state index in [1.807, 2.05) is 31.2 Å². The first-order chi connectivity index (χ1) is 13.8. The molecule has 1 atom stereocenters. The third-order valence-electron chi connectivity index (χ3n) is 4.68. The maximum absolute atomic E-state index is 12.3. The number of nitrogens with one attached hydrogen (secondary N) is 1. The van der Waals surface area contributed by atoms with Crippen molar-refractivity contribution in [2.45, 2.75) is 20.3 Å². The predicted molar refractivity (Wildman–Crippen MR) is 108 cm³/mol. The second-order valence-electron chi connectivity index (χ2n) is 7.03. The molecule has 2 amide bonds. The van der Waals surface area contributed by atoms with E-state index >= 15 is 0 Å². The van der Waals surface area contributed by atoms with E-state index < -0.39 is 18.5 Å². The second-order valence-corrected chi connectivity index (χ2v) is 7.03. The summed E-state index contributed by atoms with van der Waals surface area (Å²) in [5, 5.41) is 2.61. The highest BCUT2D eigenvalue weighted by Gasteiger charge is 2.36. The number of rotatable bonds is 6. The molecule has 3 rings (SSSR count). The first-order valence-electron chi connectivity index (χ1n) is 9.28. The Balaban J connectivity index is 1.54. The second kappa shape index (κ2) is 8.68. The van der Waals surface area contributed by atoms with Gasteiger partial charge in [-0.2, -0.15) is 0 Å². The number of amides is 2. The molecule has 1 saturated heterocycles. The Hall–Kier alpha value is -3.48. The predicted octanol–water partition coefficient (Wildman–Crippen LogP) is 2.73. The number of carbonyl (C=O) groups excluding carboxylic acids is 4. The van der Waals surface area contributed by atoms with E-state index in [4.69, 9.17) is 4.74 Å². The summed E-state index contributed by atoms with van der Waals surface area (Å²) in [4.78, 5) is 49.4. The number of hydrogen-bond donors (Lipinski definition) is 1. The quantitative estimate of drug-likeness (QED) is 0.601. The highest BCUT2D eigenvalue weighted by molar-refractivity contribution is 6.01. The summed E-state index contributed by atoms with van der Waals surface area (Å²) < 4.78 is 5.15. The lowest BCUT2D eigenvalue weighted by molar-refractivity contribution is -0.147. The molecule has 0 spiro atoms. The Morgan fingerprint density at radius 2 is 1.72 bits per heavy atom. The Kier molecular flexibility index (Phi) is 6.07. The van der Waals surface area contributed by atoms with Crippen molar-refractivity contribution >= 4 is 34.9 Å². The number of carbonyl (C=O) groups is 4. The minimum atomic E-state index is -0.598. The van der Waals surface area contributed by atoms with E-state index in [-0.39, 0.29) is 30.6 Å². The summed E-state index contributed by atoms with van der Waals surface area (Å²) in [6.07, 6.45) is 0.0618.